The number of anilines is 1. The molecule has 17 heavy (non-hydrogen) atoms. The highest BCUT2D eigenvalue weighted by Gasteiger charge is 2.16. The highest BCUT2D eigenvalue weighted by atomic mass is 32.2. The van der Waals surface area contributed by atoms with Crippen molar-refractivity contribution in [1.29, 1.82) is 0 Å². The molecule has 2 atom stereocenters. The second kappa shape index (κ2) is 5.77. The van der Waals surface area contributed by atoms with Crippen LogP contribution in [0, 0.1) is 6.92 Å². The average Bonchev–Trinajstić information content (AvgIpc) is 2.15. The molecule has 0 aliphatic rings. The summed E-state index contributed by atoms with van der Waals surface area (Å²) in [7, 11) is -0.930. The van der Waals surface area contributed by atoms with Gasteiger partial charge in [-0.15, -0.1) is 0 Å². The predicted molar refractivity (Wildman–Crippen MR) is 68.0 cm³/mol. The zero-order chi connectivity index (χ0) is 13.0. The smallest absolute Gasteiger partial charge is 0.339 e. The summed E-state index contributed by atoms with van der Waals surface area (Å²) in [5.74, 6) is -0.229. The first kappa shape index (κ1) is 13.6. The molecule has 1 aromatic rings. The molecule has 94 valence electrons. The Bertz CT molecular complexity index is 448. The maximum absolute atomic E-state index is 11.1. The van der Waals surface area contributed by atoms with Crippen LogP contribution in [0.4, 0.5) is 5.82 Å². The standard InChI is InChI=1S/C11H16N2O3S/c1-7-4-5-12-10(9(7)11(14)15)13-8(2)6-17(3)16/h4-5,8H,6H2,1-3H3,(H,12,13)(H,14,15). The van der Waals surface area contributed by atoms with Gasteiger partial charge < -0.3 is 10.4 Å². The number of aromatic carboxylic acids is 1. The van der Waals surface area contributed by atoms with Crippen molar-refractivity contribution in [2.75, 3.05) is 17.3 Å². The van der Waals surface area contributed by atoms with Crippen LogP contribution in [0.3, 0.4) is 0 Å². The monoisotopic (exact) mass is 256 g/mol. The molecule has 5 nitrogen and oxygen atoms in total. The van der Waals surface area contributed by atoms with Gasteiger partial charge in [0.05, 0.1) is 0 Å². The molecule has 0 saturated heterocycles. The van der Waals surface area contributed by atoms with E-state index in [2.05, 4.69) is 10.3 Å². The van der Waals surface area contributed by atoms with Crippen molar-refractivity contribution in [3.05, 3.63) is 23.4 Å². The minimum absolute atomic E-state index is 0.0896. The van der Waals surface area contributed by atoms with Crippen molar-refractivity contribution in [2.45, 2.75) is 19.9 Å². The van der Waals surface area contributed by atoms with E-state index < -0.39 is 16.8 Å². The second-order valence-electron chi connectivity index (χ2n) is 3.94. The molecule has 6 heteroatoms. The molecule has 0 fully saturated rings. The number of carboxylic acids is 1. The number of aryl methyl sites for hydroxylation is 1. The lowest BCUT2D eigenvalue weighted by atomic mass is 10.1. The number of nitrogens with zero attached hydrogens (tertiary/aromatic N) is 1. The van der Waals surface area contributed by atoms with Gasteiger partial charge in [-0.25, -0.2) is 9.78 Å². The predicted octanol–water partition coefficient (Wildman–Crippen LogP) is 1.27. The summed E-state index contributed by atoms with van der Waals surface area (Å²) in [5.41, 5.74) is 0.820. The fourth-order valence-corrected chi connectivity index (χ4v) is 2.35. The molecule has 1 heterocycles. The molecule has 0 radical (unpaired) electrons. The van der Waals surface area contributed by atoms with E-state index in [9.17, 15) is 9.00 Å². The average molecular weight is 256 g/mol. The third-order valence-corrected chi connectivity index (χ3v) is 3.21. The van der Waals surface area contributed by atoms with E-state index in [4.69, 9.17) is 5.11 Å². The highest BCUT2D eigenvalue weighted by Crippen LogP contribution is 2.17. The van der Waals surface area contributed by atoms with Crippen LogP contribution in [0.25, 0.3) is 0 Å². The zero-order valence-corrected chi connectivity index (χ0v) is 10.9. The number of nitrogens with one attached hydrogen (secondary N) is 1. The van der Waals surface area contributed by atoms with E-state index in [0.717, 1.165) is 0 Å². The second-order valence-corrected chi connectivity index (χ2v) is 5.42. The first-order chi connectivity index (χ1) is 7.91. The van der Waals surface area contributed by atoms with Gasteiger partial charge in [0, 0.05) is 35.0 Å². The van der Waals surface area contributed by atoms with Gasteiger partial charge in [0.15, 0.2) is 0 Å². The topological polar surface area (TPSA) is 79.3 Å². The molecule has 1 rings (SSSR count). The first-order valence-electron chi connectivity index (χ1n) is 5.17. The third-order valence-electron chi connectivity index (χ3n) is 2.24. The molecule has 0 aliphatic carbocycles. The SMILES string of the molecule is Cc1ccnc(NC(C)CS(C)=O)c1C(=O)O. The molecule has 1 aromatic heterocycles. The maximum atomic E-state index is 11.1. The Labute approximate surface area is 103 Å². The summed E-state index contributed by atoms with van der Waals surface area (Å²) < 4.78 is 11.1. The van der Waals surface area contributed by atoms with Gasteiger partial charge in [-0.05, 0) is 25.5 Å². The lowest BCUT2D eigenvalue weighted by Crippen LogP contribution is -2.24. The fourth-order valence-electron chi connectivity index (χ4n) is 1.56. The molecule has 2 unspecified atom stereocenters. The number of hydrogen-bond acceptors (Lipinski definition) is 4. The van der Waals surface area contributed by atoms with E-state index in [1.165, 1.54) is 0 Å². The summed E-state index contributed by atoms with van der Waals surface area (Å²) in [6.07, 6.45) is 3.17. The molecule has 0 spiro atoms. The molecular weight excluding hydrogens is 240 g/mol. The van der Waals surface area contributed by atoms with Gasteiger partial charge in [-0.1, -0.05) is 0 Å². The lowest BCUT2D eigenvalue weighted by molar-refractivity contribution is 0.0697. The minimum Gasteiger partial charge on any atom is -0.478 e. The Morgan fingerprint density at radius 2 is 2.29 bits per heavy atom. The van der Waals surface area contributed by atoms with Gasteiger partial charge >= 0.3 is 5.97 Å². The third kappa shape index (κ3) is 3.81. The molecule has 0 aliphatic heterocycles. The van der Waals surface area contributed by atoms with E-state index in [0.29, 0.717) is 17.1 Å². The molecule has 2 N–H and O–H groups in total. The van der Waals surface area contributed by atoms with Gasteiger partial charge in [0.25, 0.3) is 0 Å². The Balaban J connectivity index is 2.94. The van der Waals surface area contributed by atoms with Crippen LogP contribution < -0.4 is 5.32 Å². The Morgan fingerprint density at radius 3 is 2.82 bits per heavy atom. The molecule has 0 saturated carbocycles. The van der Waals surface area contributed by atoms with Crippen LogP contribution in [0.1, 0.15) is 22.8 Å². The highest BCUT2D eigenvalue weighted by molar-refractivity contribution is 7.84. The van der Waals surface area contributed by atoms with Crippen molar-refractivity contribution in [1.82, 2.24) is 4.98 Å². The van der Waals surface area contributed by atoms with Crippen LogP contribution in [0.5, 0.6) is 0 Å². The summed E-state index contributed by atoms with van der Waals surface area (Å²) in [5, 5.41) is 12.1. The van der Waals surface area contributed by atoms with Crippen LogP contribution in [0.2, 0.25) is 0 Å². The van der Waals surface area contributed by atoms with E-state index in [-0.39, 0.29) is 11.6 Å². The summed E-state index contributed by atoms with van der Waals surface area (Å²) in [6.45, 7) is 3.57. The van der Waals surface area contributed by atoms with E-state index in [1.54, 1.807) is 25.4 Å². The number of rotatable bonds is 5. The first-order valence-corrected chi connectivity index (χ1v) is 6.90. The zero-order valence-electron chi connectivity index (χ0n) is 10.1. The van der Waals surface area contributed by atoms with Crippen LogP contribution >= 0.6 is 0 Å². The van der Waals surface area contributed by atoms with Crippen LogP contribution in [0.15, 0.2) is 12.3 Å². The molecule has 0 aromatic carbocycles. The van der Waals surface area contributed by atoms with Gasteiger partial charge in [0.1, 0.15) is 11.4 Å². The van der Waals surface area contributed by atoms with Crippen molar-refractivity contribution >= 4 is 22.6 Å². The lowest BCUT2D eigenvalue weighted by Gasteiger charge is -2.15. The summed E-state index contributed by atoms with van der Waals surface area (Å²) in [4.78, 5) is 15.1. The van der Waals surface area contributed by atoms with Gasteiger partial charge in [-0.2, -0.15) is 0 Å². The number of aromatic nitrogens is 1. The summed E-state index contributed by atoms with van der Waals surface area (Å²) in [6, 6.07) is 1.56. The van der Waals surface area contributed by atoms with Crippen LogP contribution in [-0.2, 0) is 10.8 Å². The molecule has 0 bridgehead atoms. The Morgan fingerprint density at radius 1 is 1.65 bits per heavy atom. The van der Waals surface area contributed by atoms with E-state index >= 15 is 0 Å². The minimum atomic E-state index is -1.01. The van der Waals surface area contributed by atoms with E-state index in [1.807, 2.05) is 6.92 Å². The number of carbonyl (C=O) groups is 1. The molecule has 0 amide bonds. The molecular formula is C11H16N2O3S. The van der Waals surface area contributed by atoms with Gasteiger partial charge in [-0.3, -0.25) is 4.21 Å². The van der Waals surface area contributed by atoms with Crippen molar-refractivity contribution in [3.63, 3.8) is 0 Å². The van der Waals surface area contributed by atoms with Gasteiger partial charge in [0.2, 0.25) is 0 Å². The van der Waals surface area contributed by atoms with Crippen LogP contribution in [-0.4, -0.2) is 38.3 Å². The van der Waals surface area contributed by atoms with Crippen molar-refractivity contribution in [3.8, 4) is 0 Å². The summed E-state index contributed by atoms with van der Waals surface area (Å²) >= 11 is 0. The quantitative estimate of drug-likeness (QED) is 0.829. The largest absolute Gasteiger partial charge is 0.478 e. The fraction of sp³-hybridized carbons (Fsp3) is 0.455. The Hall–Kier alpha value is -1.43. The normalized spacial score (nSPS) is 14.1. The number of carboxylic acid groups (broad SMARTS) is 1. The van der Waals surface area contributed by atoms with Crippen molar-refractivity contribution in [2.24, 2.45) is 0 Å². The Kier molecular flexibility index (Phi) is 4.62. The number of pyridine rings is 1. The number of hydrogen-bond donors (Lipinski definition) is 2. The van der Waals surface area contributed by atoms with Crippen molar-refractivity contribution < 1.29 is 14.1 Å². The maximum Gasteiger partial charge on any atom is 0.339 e.